The lowest BCUT2D eigenvalue weighted by molar-refractivity contribution is -0.0328. The molecule has 2 aromatic carbocycles. The molecule has 0 saturated heterocycles. The van der Waals surface area contributed by atoms with E-state index in [0.29, 0.717) is 18.4 Å². The van der Waals surface area contributed by atoms with Gasteiger partial charge in [0.25, 0.3) is 0 Å². The van der Waals surface area contributed by atoms with Gasteiger partial charge in [-0.1, -0.05) is 36.4 Å². The van der Waals surface area contributed by atoms with Crippen molar-refractivity contribution in [2.75, 3.05) is 0 Å². The number of hydrogen-bond donors (Lipinski definition) is 1. The largest absolute Gasteiger partial charge is 0.446 e. The summed E-state index contributed by atoms with van der Waals surface area (Å²) in [7, 11) is 0. The first-order valence-electron chi connectivity index (χ1n) is 6.61. The number of alkyl halides is 3. The Morgan fingerprint density at radius 1 is 1.05 bits per heavy atom. The Hall–Kier alpha value is -1.46. The first-order chi connectivity index (χ1) is 9.96. The van der Waals surface area contributed by atoms with Crippen molar-refractivity contribution in [2.45, 2.75) is 29.3 Å². The fraction of sp³-hybridized carbons (Fsp3) is 0.250. The average molecular weight is 310 g/mol. The Balaban J connectivity index is 2.11. The molecule has 0 radical (unpaired) electrons. The first kappa shape index (κ1) is 14.5. The van der Waals surface area contributed by atoms with E-state index in [1.165, 1.54) is 6.07 Å². The predicted molar refractivity (Wildman–Crippen MR) is 77.1 cm³/mol. The quantitative estimate of drug-likeness (QED) is 0.792. The molecule has 1 aliphatic carbocycles. The monoisotopic (exact) mass is 310 g/mol. The van der Waals surface area contributed by atoms with Gasteiger partial charge in [0, 0.05) is 4.90 Å². The third-order valence-corrected chi connectivity index (χ3v) is 4.44. The van der Waals surface area contributed by atoms with Gasteiger partial charge >= 0.3 is 5.51 Å². The summed E-state index contributed by atoms with van der Waals surface area (Å²) in [5, 5.41) is 10.0. The minimum Gasteiger partial charge on any atom is -0.388 e. The molecule has 0 spiro atoms. The van der Waals surface area contributed by atoms with E-state index in [4.69, 9.17) is 0 Å². The molecule has 2 aromatic rings. The summed E-state index contributed by atoms with van der Waals surface area (Å²) >= 11 is -0.146. The molecule has 0 fully saturated rings. The van der Waals surface area contributed by atoms with Crippen LogP contribution in [-0.4, -0.2) is 10.6 Å². The number of halogens is 3. The third-order valence-electron chi connectivity index (χ3n) is 3.63. The van der Waals surface area contributed by atoms with E-state index in [-0.39, 0.29) is 16.7 Å². The smallest absolute Gasteiger partial charge is 0.388 e. The van der Waals surface area contributed by atoms with E-state index < -0.39 is 11.6 Å². The maximum Gasteiger partial charge on any atom is 0.446 e. The lowest BCUT2D eigenvalue weighted by Gasteiger charge is -2.16. The molecule has 1 aliphatic rings. The van der Waals surface area contributed by atoms with Gasteiger partial charge in [0.15, 0.2) is 0 Å². The molecule has 1 nitrogen and oxygen atoms in total. The minimum absolute atomic E-state index is 0.113. The first-order valence-corrected chi connectivity index (χ1v) is 7.42. The molecule has 0 aromatic heterocycles. The Morgan fingerprint density at radius 2 is 1.76 bits per heavy atom. The van der Waals surface area contributed by atoms with Crippen LogP contribution in [0, 0.1) is 0 Å². The number of thioether (sulfide) groups is 1. The topological polar surface area (TPSA) is 20.2 Å². The van der Waals surface area contributed by atoms with Crippen molar-refractivity contribution in [3.8, 4) is 11.1 Å². The predicted octanol–water partition coefficient (Wildman–Crippen LogP) is 4.95. The Morgan fingerprint density at radius 3 is 2.43 bits per heavy atom. The third kappa shape index (κ3) is 2.94. The van der Waals surface area contributed by atoms with Crippen LogP contribution < -0.4 is 0 Å². The Bertz CT molecular complexity index is 653. The Labute approximate surface area is 124 Å². The van der Waals surface area contributed by atoms with Crippen LogP contribution in [0.2, 0.25) is 0 Å². The zero-order valence-electron chi connectivity index (χ0n) is 11.0. The van der Waals surface area contributed by atoms with Crippen molar-refractivity contribution in [3.05, 3.63) is 53.6 Å². The molecule has 3 rings (SSSR count). The highest BCUT2D eigenvalue weighted by atomic mass is 32.2. The maximum atomic E-state index is 12.6. The number of rotatable bonds is 2. The van der Waals surface area contributed by atoms with E-state index in [9.17, 15) is 18.3 Å². The molecule has 1 unspecified atom stereocenters. The van der Waals surface area contributed by atoms with Gasteiger partial charge in [0.05, 0.1) is 6.10 Å². The molecule has 0 heterocycles. The van der Waals surface area contributed by atoms with Crippen LogP contribution in [0.15, 0.2) is 47.4 Å². The Kier molecular flexibility index (Phi) is 3.71. The second-order valence-electron chi connectivity index (χ2n) is 4.97. The maximum absolute atomic E-state index is 12.6. The molecule has 1 N–H and O–H groups in total. The molecule has 110 valence electrons. The number of benzene rings is 2. The number of aliphatic hydroxyl groups excluding tert-OH is 1. The van der Waals surface area contributed by atoms with E-state index >= 15 is 0 Å². The number of hydrogen-bond acceptors (Lipinski definition) is 2. The molecule has 21 heavy (non-hydrogen) atoms. The highest BCUT2D eigenvalue weighted by Crippen LogP contribution is 2.47. The summed E-state index contributed by atoms with van der Waals surface area (Å²) < 4.78 is 37.9. The summed E-state index contributed by atoms with van der Waals surface area (Å²) in [6, 6.07) is 12.7. The fourth-order valence-electron chi connectivity index (χ4n) is 2.81. The summed E-state index contributed by atoms with van der Waals surface area (Å²) in [5.74, 6) is 0. The summed E-state index contributed by atoms with van der Waals surface area (Å²) in [6.45, 7) is 0. The molecule has 0 amide bonds. The zero-order valence-corrected chi connectivity index (χ0v) is 11.8. The van der Waals surface area contributed by atoms with Crippen LogP contribution in [0.25, 0.3) is 11.1 Å². The highest BCUT2D eigenvalue weighted by Gasteiger charge is 2.34. The molecule has 0 bridgehead atoms. The molecule has 0 saturated carbocycles. The van der Waals surface area contributed by atoms with Crippen molar-refractivity contribution in [2.24, 2.45) is 0 Å². The van der Waals surface area contributed by atoms with Crippen molar-refractivity contribution in [1.82, 2.24) is 0 Å². The van der Waals surface area contributed by atoms with Crippen LogP contribution >= 0.6 is 11.8 Å². The van der Waals surface area contributed by atoms with Crippen molar-refractivity contribution >= 4 is 11.8 Å². The number of fused-ring (bicyclic) bond motifs is 1. The zero-order chi connectivity index (χ0) is 15.0. The highest BCUT2D eigenvalue weighted by molar-refractivity contribution is 8.00. The summed E-state index contributed by atoms with van der Waals surface area (Å²) in [5.41, 5.74) is -1.19. The van der Waals surface area contributed by atoms with Crippen molar-refractivity contribution in [3.63, 3.8) is 0 Å². The molecular weight excluding hydrogens is 297 g/mol. The lowest BCUT2D eigenvalue weighted by Crippen LogP contribution is -2.03. The van der Waals surface area contributed by atoms with Crippen LogP contribution in [0.3, 0.4) is 0 Å². The van der Waals surface area contributed by atoms with Gasteiger partial charge in [-0.15, -0.1) is 0 Å². The van der Waals surface area contributed by atoms with Gasteiger partial charge in [0.1, 0.15) is 0 Å². The van der Waals surface area contributed by atoms with Gasteiger partial charge in [-0.25, -0.2) is 0 Å². The normalized spacial score (nSPS) is 17.8. The average Bonchev–Trinajstić information content (AvgIpc) is 2.81. The molecule has 1 atom stereocenters. The minimum atomic E-state index is -4.34. The van der Waals surface area contributed by atoms with Crippen LogP contribution in [0.1, 0.15) is 23.7 Å². The van der Waals surface area contributed by atoms with Crippen LogP contribution in [0.4, 0.5) is 13.2 Å². The van der Waals surface area contributed by atoms with Crippen LogP contribution in [0.5, 0.6) is 0 Å². The fourth-order valence-corrected chi connectivity index (χ4v) is 3.56. The van der Waals surface area contributed by atoms with E-state index in [1.807, 2.05) is 30.3 Å². The molecule has 5 heteroatoms. The summed E-state index contributed by atoms with van der Waals surface area (Å²) in [6.07, 6.45) is 0.269. The van der Waals surface area contributed by atoms with Gasteiger partial charge in [-0.05, 0) is 52.9 Å². The SMILES string of the molecule is OC1CCc2c(-c3ccccc3)ccc(SC(F)(F)F)c21. The van der Waals surface area contributed by atoms with E-state index in [1.54, 1.807) is 6.07 Å². The van der Waals surface area contributed by atoms with E-state index in [0.717, 1.165) is 16.7 Å². The molecular formula is C16H13F3OS. The van der Waals surface area contributed by atoms with Gasteiger partial charge < -0.3 is 5.11 Å². The second kappa shape index (κ2) is 5.39. The van der Waals surface area contributed by atoms with Gasteiger partial charge in [-0.3, -0.25) is 0 Å². The molecule has 0 aliphatic heterocycles. The van der Waals surface area contributed by atoms with Crippen molar-refractivity contribution < 1.29 is 18.3 Å². The second-order valence-corrected chi connectivity index (χ2v) is 6.08. The number of aliphatic hydroxyl groups is 1. The lowest BCUT2D eigenvalue weighted by atomic mass is 9.97. The van der Waals surface area contributed by atoms with Crippen molar-refractivity contribution in [1.29, 1.82) is 0 Å². The van der Waals surface area contributed by atoms with Crippen LogP contribution in [-0.2, 0) is 6.42 Å². The van der Waals surface area contributed by atoms with Gasteiger partial charge in [0.2, 0.25) is 0 Å². The van der Waals surface area contributed by atoms with Gasteiger partial charge in [-0.2, -0.15) is 13.2 Å². The standard InChI is InChI=1S/C16H13F3OS/c17-16(18,19)21-14-9-7-11(10-4-2-1-3-5-10)12-6-8-13(20)15(12)14/h1-5,7,9,13,20H,6,8H2. The summed E-state index contributed by atoms with van der Waals surface area (Å²) in [4.78, 5) is 0.113. The van der Waals surface area contributed by atoms with E-state index in [2.05, 4.69) is 0 Å².